The lowest BCUT2D eigenvalue weighted by Crippen LogP contribution is -2.32. The summed E-state index contributed by atoms with van der Waals surface area (Å²) in [6, 6.07) is 14.9. The number of hydrogen-bond donors (Lipinski definition) is 1. The maximum atomic E-state index is 12.7. The third-order valence-corrected chi connectivity index (χ3v) is 4.44. The largest absolute Gasteiger partial charge is 0.588 e. The molecule has 0 radical (unpaired) electrons. The molecular weight excluding hydrogens is 260 g/mol. The number of nitrogen functional groups attached to an aromatic ring is 1. The fourth-order valence-electron chi connectivity index (χ4n) is 2.04. The van der Waals surface area contributed by atoms with Crippen molar-refractivity contribution < 1.29 is 9.29 Å². The van der Waals surface area contributed by atoms with E-state index in [9.17, 15) is 4.55 Å². The molecule has 1 aliphatic rings. The standard InChI is InChI=1S/C14H14N2O2S/c15-11-6-7-13-14(10-11)19(17)16(8-9-18-13)12-4-2-1-3-5-12/h1-7,10H,8-9,15H2. The Kier molecular flexibility index (Phi) is 3.23. The molecule has 1 unspecified atom stereocenters. The minimum atomic E-state index is -1.30. The number of ether oxygens (including phenoxy) is 1. The molecule has 2 aromatic rings. The monoisotopic (exact) mass is 274 g/mol. The number of rotatable bonds is 1. The highest BCUT2D eigenvalue weighted by Gasteiger charge is 2.30. The van der Waals surface area contributed by atoms with Crippen LogP contribution in [0.1, 0.15) is 0 Å². The van der Waals surface area contributed by atoms with Crippen LogP contribution in [0.15, 0.2) is 53.4 Å². The van der Waals surface area contributed by atoms with E-state index in [0.717, 1.165) is 5.69 Å². The second kappa shape index (κ2) is 5.03. The van der Waals surface area contributed by atoms with Gasteiger partial charge in [0.1, 0.15) is 18.0 Å². The smallest absolute Gasteiger partial charge is 0.223 e. The Labute approximate surface area is 115 Å². The lowest BCUT2D eigenvalue weighted by atomic mass is 10.3. The van der Waals surface area contributed by atoms with Gasteiger partial charge in [0.15, 0.2) is 5.75 Å². The fraction of sp³-hybridized carbons (Fsp3) is 0.143. The van der Waals surface area contributed by atoms with Gasteiger partial charge in [-0.3, -0.25) is 0 Å². The third-order valence-electron chi connectivity index (χ3n) is 2.95. The van der Waals surface area contributed by atoms with E-state index in [2.05, 4.69) is 0 Å². The van der Waals surface area contributed by atoms with E-state index in [0.29, 0.717) is 29.5 Å². The number of nitrogens with zero attached hydrogens (tertiary/aromatic N) is 1. The average molecular weight is 274 g/mol. The zero-order chi connectivity index (χ0) is 13.2. The topological polar surface area (TPSA) is 61.5 Å². The van der Waals surface area contributed by atoms with Crippen molar-refractivity contribution in [2.75, 3.05) is 23.2 Å². The van der Waals surface area contributed by atoms with E-state index in [4.69, 9.17) is 10.5 Å². The van der Waals surface area contributed by atoms with Crippen LogP contribution in [0.4, 0.5) is 11.4 Å². The van der Waals surface area contributed by atoms with Gasteiger partial charge in [-0.15, -0.1) is 0 Å². The number of para-hydroxylation sites is 1. The van der Waals surface area contributed by atoms with Crippen molar-refractivity contribution in [3.8, 4) is 5.75 Å². The first-order chi connectivity index (χ1) is 9.25. The molecule has 0 saturated carbocycles. The molecule has 0 bridgehead atoms. The van der Waals surface area contributed by atoms with Crippen LogP contribution < -0.4 is 14.8 Å². The Hall–Kier alpha value is -1.85. The van der Waals surface area contributed by atoms with Crippen LogP contribution in [0.5, 0.6) is 5.75 Å². The van der Waals surface area contributed by atoms with Crippen LogP contribution in [0.2, 0.25) is 0 Å². The van der Waals surface area contributed by atoms with Crippen molar-refractivity contribution in [2.45, 2.75) is 4.90 Å². The number of benzene rings is 2. The fourth-order valence-corrected chi connectivity index (χ4v) is 3.37. The summed E-state index contributed by atoms with van der Waals surface area (Å²) in [6.07, 6.45) is 0. The molecule has 4 nitrogen and oxygen atoms in total. The van der Waals surface area contributed by atoms with E-state index >= 15 is 0 Å². The van der Waals surface area contributed by atoms with Crippen molar-refractivity contribution in [1.29, 1.82) is 0 Å². The third kappa shape index (κ3) is 2.34. The van der Waals surface area contributed by atoms with E-state index in [1.165, 1.54) is 0 Å². The Morgan fingerprint density at radius 3 is 2.74 bits per heavy atom. The van der Waals surface area contributed by atoms with Crippen molar-refractivity contribution in [1.82, 2.24) is 0 Å². The number of hydrogen-bond acceptors (Lipinski definition) is 4. The van der Waals surface area contributed by atoms with E-state index in [1.807, 2.05) is 34.6 Å². The molecule has 98 valence electrons. The van der Waals surface area contributed by atoms with Gasteiger partial charge in [-0.05, 0) is 24.3 Å². The van der Waals surface area contributed by atoms with E-state index < -0.39 is 11.4 Å². The van der Waals surface area contributed by atoms with Crippen LogP contribution >= 0.6 is 0 Å². The van der Waals surface area contributed by atoms with Crippen LogP contribution in [0.25, 0.3) is 0 Å². The van der Waals surface area contributed by atoms with Crippen molar-refractivity contribution >= 4 is 22.7 Å². The van der Waals surface area contributed by atoms with Crippen LogP contribution in [-0.4, -0.2) is 17.7 Å². The minimum absolute atomic E-state index is 0.498. The highest BCUT2D eigenvalue weighted by Crippen LogP contribution is 2.33. The molecule has 1 atom stereocenters. The molecule has 0 aromatic heterocycles. The van der Waals surface area contributed by atoms with Gasteiger partial charge >= 0.3 is 0 Å². The van der Waals surface area contributed by atoms with Crippen molar-refractivity contribution in [2.24, 2.45) is 0 Å². The molecule has 0 saturated heterocycles. The molecule has 0 fully saturated rings. The van der Waals surface area contributed by atoms with Crippen LogP contribution in [0.3, 0.4) is 0 Å². The van der Waals surface area contributed by atoms with Crippen molar-refractivity contribution in [3.05, 3.63) is 48.5 Å². The van der Waals surface area contributed by atoms with Gasteiger partial charge in [0.2, 0.25) is 4.90 Å². The predicted molar refractivity (Wildman–Crippen MR) is 76.5 cm³/mol. The van der Waals surface area contributed by atoms with Gasteiger partial charge in [-0.25, -0.2) is 0 Å². The quantitative estimate of drug-likeness (QED) is 0.639. The molecule has 2 aromatic carbocycles. The molecule has 1 heterocycles. The number of anilines is 2. The number of nitrogens with two attached hydrogens (primary N) is 1. The molecule has 1 aliphatic heterocycles. The van der Waals surface area contributed by atoms with Gasteiger partial charge in [0.05, 0.1) is 12.2 Å². The second-order valence-electron chi connectivity index (χ2n) is 4.24. The summed E-state index contributed by atoms with van der Waals surface area (Å²) in [5.41, 5.74) is 7.28. The van der Waals surface area contributed by atoms with Gasteiger partial charge in [-0.1, -0.05) is 18.2 Å². The summed E-state index contributed by atoms with van der Waals surface area (Å²) < 4.78 is 20.2. The normalized spacial score (nSPS) is 18.4. The first-order valence-electron chi connectivity index (χ1n) is 6.02. The molecule has 0 aliphatic carbocycles. The first-order valence-corrected chi connectivity index (χ1v) is 7.13. The summed E-state index contributed by atoms with van der Waals surface area (Å²) in [5, 5.41) is 0. The van der Waals surface area contributed by atoms with Gasteiger partial charge in [0.25, 0.3) is 0 Å². The Balaban J connectivity index is 2.01. The Morgan fingerprint density at radius 2 is 1.95 bits per heavy atom. The summed E-state index contributed by atoms with van der Waals surface area (Å²) in [4.78, 5) is 0.626. The molecule has 5 heteroatoms. The second-order valence-corrected chi connectivity index (χ2v) is 5.62. The molecule has 3 rings (SSSR count). The maximum Gasteiger partial charge on any atom is 0.223 e. The van der Waals surface area contributed by atoms with Crippen LogP contribution in [-0.2, 0) is 11.4 Å². The summed E-state index contributed by atoms with van der Waals surface area (Å²) in [6.45, 7) is 1.07. The lowest BCUT2D eigenvalue weighted by molar-refractivity contribution is 0.325. The predicted octanol–water partition coefficient (Wildman–Crippen LogP) is 2.19. The zero-order valence-electron chi connectivity index (χ0n) is 10.3. The van der Waals surface area contributed by atoms with E-state index in [-0.39, 0.29) is 0 Å². The Morgan fingerprint density at radius 1 is 1.16 bits per heavy atom. The lowest BCUT2D eigenvalue weighted by Gasteiger charge is -2.23. The van der Waals surface area contributed by atoms with Crippen LogP contribution in [0, 0.1) is 0 Å². The highest BCUT2D eigenvalue weighted by molar-refractivity contribution is 7.93. The first kappa shape index (κ1) is 12.2. The highest BCUT2D eigenvalue weighted by atomic mass is 32.2. The zero-order valence-corrected chi connectivity index (χ0v) is 11.1. The van der Waals surface area contributed by atoms with Gasteiger partial charge in [0, 0.05) is 11.8 Å². The summed E-state index contributed by atoms with van der Waals surface area (Å²) in [5.74, 6) is 0.644. The summed E-state index contributed by atoms with van der Waals surface area (Å²) in [7, 11) is 0. The molecule has 0 spiro atoms. The minimum Gasteiger partial charge on any atom is -0.588 e. The van der Waals surface area contributed by atoms with Gasteiger partial charge in [-0.2, -0.15) is 4.31 Å². The number of fused-ring (bicyclic) bond motifs is 1. The molecule has 2 N–H and O–H groups in total. The van der Waals surface area contributed by atoms with Gasteiger partial charge < -0.3 is 15.0 Å². The molecule has 0 amide bonds. The van der Waals surface area contributed by atoms with E-state index in [1.54, 1.807) is 18.2 Å². The summed E-state index contributed by atoms with van der Waals surface area (Å²) >= 11 is -1.30. The Bertz CT molecular complexity index is 577. The molecule has 19 heavy (non-hydrogen) atoms. The van der Waals surface area contributed by atoms with Crippen molar-refractivity contribution in [3.63, 3.8) is 0 Å². The SMILES string of the molecule is Nc1ccc2c(c1)[S+]([O-])N(c1ccccc1)CCO2. The molecular formula is C14H14N2O2S. The average Bonchev–Trinajstić information content (AvgIpc) is 2.60. The maximum absolute atomic E-state index is 12.7.